The first kappa shape index (κ1) is 15.8. The van der Waals surface area contributed by atoms with Gasteiger partial charge in [-0.25, -0.2) is 4.98 Å². The molecular weight excluding hydrogens is 314 g/mol. The Balaban J connectivity index is 1.57. The van der Waals surface area contributed by atoms with Crippen molar-refractivity contribution >= 4 is 16.8 Å². The number of nitrogens with two attached hydrogens (primary N) is 1. The molecule has 2 heterocycles. The molecule has 1 fully saturated rings. The first-order chi connectivity index (χ1) is 12.1. The molecule has 0 saturated heterocycles. The number of hydrogen-bond acceptors (Lipinski definition) is 4. The van der Waals surface area contributed by atoms with E-state index in [0.29, 0.717) is 23.9 Å². The van der Waals surface area contributed by atoms with E-state index in [1.165, 1.54) is 6.20 Å². The number of fused-ring (bicyclic) bond motifs is 1. The standard InChI is InChI=1S/C19H21N5O/c1-11-13-4-2-3-5-15(13)24-18(11)16-9-21-10-17(23-16)19(25)22-8-14(20)12-6-7-12/h2-5,9-10,12,14,24H,6-8,20H2,1H3,(H,22,25)/t14-/m0/s1. The van der Waals surface area contributed by atoms with E-state index in [9.17, 15) is 4.79 Å². The van der Waals surface area contributed by atoms with Gasteiger partial charge in [-0.2, -0.15) is 0 Å². The number of hydrogen-bond donors (Lipinski definition) is 3. The van der Waals surface area contributed by atoms with Gasteiger partial charge in [0.05, 0.1) is 18.1 Å². The van der Waals surface area contributed by atoms with Crippen LogP contribution in [0.3, 0.4) is 0 Å². The summed E-state index contributed by atoms with van der Waals surface area (Å²) in [5.74, 6) is 0.311. The molecule has 25 heavy (non-hydrogen) atoms. The van der Waals surface area contributed by atoms with Crippen molar-refractivity contribution < 1.29 is 4.79 Å². The summed E-state index contributed by atoms with van der Waals surface area (Å²) in [4.78, 5) is 24.4. The highest BCUT2D eigenvalue weighted by molar-refractivity contribution is 5.93. The number of para-hydroxylation sites is 1. The second kappa shape index (κ2) is 6.29. The molecule has 6 nitrogen and oxygen atoms in total. The number of H-pyrrole nitrogens is 1. The van der Waals surface area contributed by atoms with E-state index in [4.69, 9.17) is 5.73 Å². The molecule has 1 aliphatic rings. The van der Waals surface area contributed by atoms with Gasteiger partial charge < -0.3 is 16.0 Å². The largest absolute Gasteiger partial charge is 0.353 e. The van der Waals surface area contributed by atoms with Crippen molar-refractivity contribution in [1.82, 2.24) is 20.3 Å². The minimum absolute atomic E-state index is 0.0241. The molecule has 0 unspecified atom stereocenters. The zero-order valence-corrected chi connectivity index (χ0v) is 14.1. The highest BCUT2D eigenvalue weighted by Crippen LogP contribution is 2.31. The molecule has 2 aromatic heterocycles. The molecule has 128 valence electrons. The predicted octanol–water partition coefficient (Wildman–Crippen LogP) is 2.40. The molecular formula is C19H21N5O. The van der Waals surface area contributed by atoms with Gasteiger partial charge in [0.15, 0.2) is 0 Å². The number of aryl methyl sites for hydroxylation is 1. The molecule has 4 N–H and O–H groups in total. The number of nitrogens with zero attached hydrogens (tertiary/aromatic N) is 2. The lowest BCUT2D eigenvalue weighted by molar-refractivity contribution is 0.0945. The molecule has 0 spiro atoms. The van der Waals surface area contributed by atoms with E-state index in [0.717, 1.165) is 35.0 Å². The maximum absolute atomic E-state index is 12.4. The van der Waals surface area contributed by atoms with Crippen molar-refractivity contribution in [2.75, 3.05) is 6.54 Å². The molecule has 1 saturated carbocycles. The lowest BCUT2D eigenvalue weighted by Gasteiger charge is -2.11. The average molecular weight is 335 g/mol. The van der Waals surface area contributed by atoms with Crippen molar-refractivity contribution in [2.24, 2.45) is 11.7 Å². The van der Waals surface area contributed by atoms with E-state index in [-0.39, 0.29) is 11.9 Å². The van der Waals surface area contributed by atoms with Crippen LogP contribution in [-0.4, -0.2) is 33.4 Å². The molecule has 0 aliphatic heterocycles. The van der Waals surface area contributed by atoms with Crippen LogP contribution >= 0.6 is 0 Å². The Morgan fingerprint density at radius 1 is 1.36 bits per heavy atom. The number of carbonyl (C=O) groups is 1. The summed E-state index contributed by atoms with van der Waals surface area (Å²) in [6.45, 7) is 2.51. The molecule has 0 radical (unpaired) electrons. The fraction of sp³-hybridized carbons (Fsp3) is 0.316. The minimum atomic E-state index is -0.237. The average Bonchev–Trinajstić information content (AvgIpc) is 3.44. The molecule has 3 aromatic rings. The van der Waals surface area contributed by atoms with Crippen LogP contribution in [0.5, 0.6) is 0 Å². The van der Waals surface area contributed by atoms with Gasteiger partial charge in [0.2, 0.25) is 0 Å². The fourth-order valence-electron chi connectivity index (χ4n) is 3.13. The van der Waals surface area contributed by atoms with E-state index >= 15 is 0 Å². The summed E-state index contributed by atoms with van der Waals surface area (Å²) < 4.78 is 0. The number of carbonyl (C=O) groups excluding carboxylic acids is 1. The van der Waals surface area contributed by atoms with Crippen molar-refractivity contribution in [3.63, 3.8) is 0 Å². The number of rotatable bonds is 5. The first-order valence-electron chi connectivity index (χ1n) is 8.57. The van der Waals surface area contributed by atoms with Gasteiger partial charge in [0.1, 0.15) is 11.4 Å². The third-order valence-corrected chi connectivity index (χ3v) is 4.81. The summed E-state index contributed by atoms with van der Waals surface area (Å²) in [6.07, 6.45) is 5.47. The minimum Gasteiger partial charge on any atom is -0.353 e. The highest BCUT2D eigenvalue weighted by Gasteiger charge is 2.28. The van der Waals surface area contributed by atoms with Crippen molar-refractivity contribution in [3.8, 4) is 11.4 Å². The zero-order chi connectivity index (χ0) is 17.4. The van der Waals surface area contributed by atoms with Gasteiger partial charge in [0.25, 0.3) is 5.91 Å². The van der Waals surface area contributed by atoms with Crippen molar-refractivity contribution in [3.05, 3.63) is 47.9 Å². The number of amides is 1. The molecule has 6 heteroatoms. The Kier molecular flexibility index (Phi) is 3.97. The maximum Gasteiger partial charge on any atom is 0.271 e. The van der Waals surface area contributed by atoms with Crippen molar-refractivity contribution in [2.45, 2.75) is 25.8 Å². The number of aromatic nitrogens is 3. The lowest BCUT2D eigenvalue weighted by Crippen LogP contribution is -2.38. The van der Waals surface area contributed by atoms with Crippen LogP contribution in [-0.2, 0) is 0 Å². The molecule has 4 rings (SSSR count). The van der Waals surface area contributed by atoms with Gasteiger partial charge in [-0.05, 0) is 37.3 Å². The third-order valence-electron chi connectivity index (χ3n) is 4.81. The lowest BCUT2D eigenvalue weighted by atomic mass is 10.1. The maximum atomic E-state index is 12.4. The van der Waals surface area contributed by atoms with E-state index in [1.54, 1.807) is 6.20 Å². The molecule has 0 bridgehead atoms. The van der Waals surface area contributed by atoms with Gasteiger partial charge >= 0.3 is 0 Å². The fourth-order valence-corrected chi connectivity index (χ4v) is 3.13. The first-order valence-corrected chi connectivity index (χ1v) is 8.57. The molecule has 1 aliphatic carbocycles. The molecule has 1 amide bonds. The second-order valence-corrected chi connectivity index (χ2v) is 6.67. The van der Waals surface area contributed by atoms with Crippen LogP contribution in [0.1, 0.15) is 28.9 Å². The third kappa shape index (κ3) is 3.13. The SMILES string of the molecule is Cc1c(-c2cncc(C(=O)NC[C@H](N)C3CC3)n2)[nH]c2ccccc12. The van der Waals surface area contributed by atoms with Gasteiger partial charge in [-0.1, -0.05) is 18.2 Å². The van der Waals surface area contributed by atoms with Gasteiger partial charge in [0, 0.05) is 23.5 Å². The summed E-state index contributed by atoms with van der Waals surface area (Å²) in [6, 6.07) is 8.10. The van der Waals surface area contributed by atoms with E-state index < -0.39 is 0 Å². The van der Waals surface area contributed by atoms with Crippen LogP contribution in [0.4, 0.5) is 0 Å². The number of nitrogens with one attached hydrogen (secondary N) is 2. The molecule has 1 atom stereocenters. The predicted molar refractivity (Wildman–Crippen MR) is 97.1 cm³/mol. The summed E-state index contributed by atoms with van der Waals surface area (Å²) >= 11 is 0. The summed E-state index contributed by atoms with van der Waals surface area (Å²) in [7, 11) is 0. The van der Waals surface area contributed by atoms with Gasteiger partial charge in [-0.15, -0.1) is 0 Å². The monoisotopic (exact) mass is 335 g/mol. The van der Waals surface area contributed by atoms with Crippen molar-refractivity contribution in [1.29, 1.82) is 0 Å². The molecule has 1 aromatic carbocycles. The van der Waals surface area contributed by atoms with E-state index in [2.05, 4.69) is 26.3 Å². The Bertz CT molecular complexity index is 928. The Morgan fingerprint density at radius 2 is 2.16 bits per heavy atom. The van der Waals surface area contributed by atoms with Gasteiger partial charge in [-0.3, -0.25) is 9.78 Å². The van der Waals surface area contributed by atoms with E-state index in [1.807, 2.05) is 25.1 Å². The second-order valence-electron chi connectivity index (χ2n) is 6.67. The summed E-state index contributed by atoms with van der Waals surface area (Å²) in [5.41, 5.74) is 10.0. The van der Waals surface area contributed by atoms with Crippen LogP contribution in [0, 0.1) is 12.8 Å². The Morgan fingerprint density at radius 3 is 2.92 bits per heavy atom. The zero-order valence-electron chi connectivity index (χ0n) is 14.1. The van der Waals surface area contributed by atoms with Crippen LogP contribution in [0.15, 0.2) is 36.7 Å². The normalized spacial score (nSPS) is 15.3. The summed E-state index contributed by atoms with van der Waals surface area (Å²) in [5, 5.41) is 4.01. The van der Waals surface area contributed by atoms with Crippen LogP contribution in [0.2, 0.25) is 0 Å². The Labute approximate surface area is 145 Å². The quantitative estimate of drug-likeness (QED) is 0.667. The van der Waals surface area contributed by atoms with Crippen LogP contribution in [0.25, 0.3) is 22.3 Å². The number of benzene rings is 1. The topological polar surface area (TPSA) is 96.7 Å². The smallest absolute Gasteiger partial charge is 0.271 e. The Hall–Kier alpha value is -2.73. The number of aromatic amines is 1. The van der Waals surface area contributed by atoms with Crippen LogP contribution < -0.4 is 11.1 Å². The highest BCUT2D eigenvalue weighted by atomic mass is 16.1.